The normalized spacial score (nSPS) is 10.8. The van der Waals surface area contributed by atoms with Crippen LogP contribution in [0.3, 0.4) is 0 Å². The second kappa shape index (κ2) is 9.36. The Hall–Kier alpha value is -4.18. The summed E-state index contributed by atoms with van der Waals surface area (Å²) < 4.78 is 4.54. The molecule has 10 heteroatoms. The maximum Gasteiger partial charge on any atom is 0.307 e. The summed E-state index contributed by atoms with van der Waals surface area (Å²) in [4.78, 5) is 50.0. The summed E-state index contributed by atoms with van der Waals surface area (Å²) in [7, 11) is 1.75. The maximum absolute atomic E-state index is 13.0. The van der Waals surface area contributed by atoms with Crippen molar-refractivity contribution in [3.05, 3.63) is 96.9 Å². The number of aromatic nitrogens is 3. The van der Waals surface area contributed by atoms with E-state index in [9.17, 15) is 19.2 Å². The van der Waals surface area contributed by atoms with E-state index in [1.54, 1.807) is 49.2 Å². The van der Waals surface area contributed by atoms with E-state index in [-0.39, 0.29) is 34.1 Å². The summed E-state index contributed by atoms with van der Waals surface area (Å²) in [5, 5.41) is 7.11. The number of hydrogen-bond acceptors (Lipinski definition) is 5. The molecule has 0 aliphatic heterocycles. The lowest BCUT2D eigenvalue weighted by atomic mass is 10.2. The van der Waals surface area contributed by atoms with Gasteiger partial charge < -0.3 is 10.6 Å². The molecule has 2 aromatic heterocycles. The molecule has 2 aromatic carbocycles. The van der Waals surface area contributed by atoms with Crippen molar-refractivity contribution in [1.29, 1.82) is 0 Å². The van der Waals surface area contributed by atoms with Gasteiger partial charge in [0.05, 0.1) is 11.4 Å². The van der Waals surface area contributed by atoms with E-state index < -0.39 is 5.91 Å². The highest BCUT2D eigenvalue weighted by atomic mass is 32.1. The van der Waals surface area contributed by atoms with Gasteiger partial charge in [-0.3, -0.25) is 28.4 Å². The van der Waals surface area contributed by atoms with Crippen molar-refractivity contribution in [2.75, 3.05) is 10.6 Å². The lowest BCUT2D eigenvalue weighted by Gasteiger charge is -2.09. The third-order valence-corrected chi connectivity index (χ3v) is 6.36. The lowest BCUT2D eigenvalue weighted by molar-refractivity contribution is -0.116. The van der Waals surface area contributed by atoms with Crippen LogP contribution in [0.2, 0.25) is 0 Å². The van der Waals surface area contributed by atoms with E-state index in [1.807, 2.05) is 30.3 Å². The van der Waals surface area contributed by atoms with Crippen molar-refractivity contribution in [1.82, 2.24) is 13.9 Å². The number of anilines is 2. The minimum absolute atomic E-state index is 0.118. The second-order valence-corrected chi connectivity index (χ2v) is 8.57. The minimum atomic E-state index is -0.480. The number of para-hydroxylation sites is 1. The predicted octanol–water partition coefficient (Wildman–Crippen LogP) is 2.91. The van der Waals surface area contributed by atoms with Gasteiger partial charge in [0.25, 0.3) is 11.5 Å². The number of hydrogen-bond donors (Lipinski definition) is 2. The Balaban J connectivity index is 1.53. The Morgan fingerprint density at radius 2 is 1.71 bits per heavy atom. The number of nitrogens with one attached hydrogen (secondary N) is 2. The highest BCUT2D eigenvalue weighted by molar-refractivity contribution is 7.07. The molecule has 0 fully saturated rings. The van der Waals surface area contributed by atoms with Crippen LogP contribution in [-0.4, -0.2) is 25.7 Å². The first-order valence-corrected chi connectivity index (χ1v) is 11.3. The van der Waals surface area contributed by atoms with E-state index in [0.717, 1.165) is 11.3 Å². The van der Waals surface area contributed by atoms with E-state index in [1.165, 1.54) is 15.3 Å². The summed E-state index contributed by atoms with van der Waals surface area (Å²) in [5.41, 5.74) is 2.50. The maximum atomic E-state index is 13.0. The van der Waals surface area contributed by atoms with Crippen LogP contribution in [0.5, 0.6) is 0 Å². The molecule has 0 bridgehead atoms. The molecule has 0 spiro atoms. The third-order valence-electron chi connectivity index (χ3n) is 5.48. The van der Waals surface area contributed by atoms with Gasteiger partial charge in [0.15, 0.2) is 0 Å². The quantitative estimate of drug-likeness (QED) is 0.445. The molecule has 0 radical (unpaired) electrons. The van der Waals surface area contributed by atoms with E-state index >= 15 is 0 Å². The first-order chi connectivity index (χ1) is 16.3. The fourth-order valence-corrected chi connectivity index (χ4v) is 4.31. The number of carbonyl (C=O) groups is 2. The summed E-state index contributed by atoms with van der Waals surface area (Å²) in [5.74, 6) is -0.863. The molecule has 4 rings (SSSR count). The van der Waals surface area contributed by atoms with Gasteiger partial charge in [0.1, 0.15) is 12.2 Å². The van der Waals surface area contributed by atoms with Crippen molar-refractivity contribution >= 4 is 34.5 Å². The predicted molar refractivity (Wildman–Crippen MR) is 132 cm³/mol. The molecule has 0 unspecified atom stereocenters. The van der Waals surface area contributed by atoms with E-state index in [2.05, 4.69) is 10.6 Å². The SMILES string of the molecule is Cc1csc(=O)n1CC(=O)Nc1cccc(C(=O)Nc2c(C)n(C)n(-c3ccccc3)c2=O)c1. The molecular formula is C24H23N5O4S. The average Bonchev–Trinajstić information content (AvgIpc) is 3.24. The molecule has 34 heavy (non-hydrogen) atoms. The molecule has 0 aliphatic carbocycles. The van der Waals surface area contributed by atoms with Crippen LogP contribution in [0.1, 0.15) is 21.7 Å². The first kappa shape index (κ1) is 23.0. The van der Waals surface area contributed by atoms with Gasteiger partial charge in [0.2, 0.25) is 5.91 Å². The van der Waals surface area contributed by atoms with Gasteiger partial charge >= 0.3 is 4.87 Å². The number of carbonyl (C=O) groups excluding carboxylic acids is 2. The van der Waals surface area contributed by atoms with Crippen LogP contribution in [0.4, 0.5) is 11.4 Å². The van der Waals surface area contributed by atoms with Gasteiger partial charge in [-0.2, -0.15) is 0 Å². The summed E-state index contributed by atoms with van der Waals surface area (Å²) >= 11 is 1.04. The summed E-state index contributed by atoms with van der Waals surface area (Å²) in [6, 6.07) is 15.5. The zero-order valence-electron chi connectivity index (χ0n) is 18.9. The number of benzene rings is 2. The molecule has 2 N–H and O–H groups in total. The molecule has 4 aromatic rings. The van der Waals surface area contributed by atoms with Crippen molar-refractivity contribution in [3.63, 3.8) is 0 Å². The lowest BCUT2D eigenvalue weighted by Crippen LogP contribution is -2.25. The average molecular weight is 478 g/mol. The molecule has 2 heterocycles. The number of amides is 2. The highest BCUT2D eigenvalue weighted by Crippen LogP contribution is 2.17. The number of thiazole rings is 1. The molecule has 2 amide bonds. The van der Waals surface area contributed by atoms with Gasteiger partial charge in [-0.05, 0) is 44.2 Å². The highest BCUT2D eigenvalue weighted by Gasteiger charge is 2.19. The van der Waals surface area contributed by atoms with Crippen molar-refractivity contribution < 1.29 is 9.59 Å². The van der Waals surface area contributed by atoms with Crippen LogP contribution in [-0.2, 0) is 18.4 Å². The zero-order valence-corrected chi connectivity index (χ0v) is 19.7. The molecule has 0 saturated carbocycles. The number of rotatable bonds is 6. The largest absolute Gasteiger partial charge is 0.325 e. The summed E-state index contributed by atoms with van der Waals surface area (Å²) in [6.45, 7) is 3.39. The smallest absolute Gasteiger partial charge is 0.307 e. The summed E-state index contributed by atoms with van der Waals surface area (Å²) in [6.07, 6.45) is 0. The zero-order chi connectivity index (χ0) is 24.4. The van der Waals surface area contributed by atoms with Crippen LogP contribution in [0.15, 0.2) is 69.6 Å². The Kier molecular flexibility index (Phi) is 6.33. The van der Waals surface area contributed by atoms with E-state index in [0.29, 0.717) is 22.8 Å². The Labute approximate surface area is 198 Å². The molecule has 9 nitrogen and oxygen atoms in total. The van der Waals surface area contributed by atoms with Crippen LogP contribution >= 0.6 is 11.3 Å². The molecule has 0 atom stereocenters. The third kappa shape index (κ3) is 4.48. The van der Waals surface area contributed by atoms with Gasteiger partial charge in [-0.25, -0.2) is 4.68 Å². The van der Waals surface area contributed by atoms with Crippen molar-refractivity contribution in [2.45, 2.75) is 20.4 Å². The van der Waals surface area contributed by atoms with Gasteiger partial charge in [-0.1, -0.05) is 35.6 Å². The van der Waals surface area contributed by atoms with Crippen LogP contribution in [0, 0.1) is 13.8 Å². The molecule has 174 valence electrons. The Morgan fingerprint density at radius 3 is 2.38 bits per heavy atom. The van der Waals surface area contributed by atoms with E-state index in [4.69, 9.17) is 0 Å². The number of nitrogens with zero attached hydrogens (tertiary/aromatic N) is 3. The Bertz CT molecular complexity index is 1490. The standard InChI is InChI=1S/C24H23N5O4S/c1-15-14-34-24(33)28(15)13-20(30)25-18-9-7-8-17(12-18)22(31)26-21-16(2)27(3)29(23(21)32)19-10-5-4-6-11-19/h4-12,14H,13H2,1-3H3,(H,25,30)(H,26,31). The molecular weight excluding hydrogens is 454 g/mol. The van der Waals surface area contributed by atoms with Crippen molar-refractivity contribution in [3.8, 4) is 5.69 Å². The Morgan fingerprint density at radius 1 is 0.971 bits per heavy atom. The fourth-order valence-electron chi connectivity index (χ4n) is 3.58. The monoisotopic (exact) mass is 477 g/mol. The number of aryl methyl sites for hydroxylation is 1. The second-order valence-electron chi connectivity index (χ2n) is 7.75. The molecule has 0 saturated heterocycles. The minimum Gasteiger partial charge on any atom is -0.325 e. The van der Waals surface area contributed by atoms with Gasteiger partial charge in [-0.15, -0.1) is 0 Å². The topological polar surface area (TPSA) is 107 Å². The van der Waals surface area contributed by atoms with Crippen LogP contribution in [0.25, 0.3) is 5.69 Å². The van der Waals surface area contributed by atoms with Crippen molar-refractivity contribution in [2.24, 2.45) is 7.05 Å². The fraction of sp³-hybridized carbons (Fsp3) is 0.167. The van der Waals surface area contributed by atoms with Gasteiger partial charge in [0, 0.05) is 29.4 Å². The molecule has 0 aliphatic rings. The first-order valence-electron chi connectivity index (χ1n) is 10.5. The van der Waals surface area contributed by atoms with Crippen LogP contribution < -0.4 is 21.1 Å².